The third kappa shape index (κ3) is 7.81. The number of hydrogen-bond donors (Lipinski definition) is 5. The van der Waals surface area contributed by atoms with E-state index < -0.39 is 5.91 Å². The highest BCUT2D eigenvalue weighted by Crippen LogP contribution is 2.06. The van der Waals surface area contributed by atoms with Crippen molar-refractivity contribution in [2.45, 2.75) is 13.0 Å². The number of amides is 3. The number of carbonyl (C=O) groups is 3. The summed E-state index contributed by atoms with van der Waals surface area (Å²) in [5.74, 6) is -0.405. The van der Waals surface area contributed by atoms with Gasteiger partial charge in [-0.25, -0.2) is 0 Å². The van der Waals surface area contributed by atoms with Gasteiger partial charge in [0, 0.05) is 38.3 Å². The minimum atomic E-state index is -0.591. The lowest BCUT2D eigenvalue weighted by atomic mass is 10.1. The number of nitrogens with one attached hydrogen (secondary N) is 4. The summed E-state index contributed by atoms with van der Waals surface area (Å²) in [5, 5.41) is 11.5. The smallest absolute Gasteiger partial charge is 0.251 e. The Bertz CT molecular complexity index is 941. The summed E-state index contributed by atoms with van der Waals surface area (Å²) in [6.07, 6.45) is 0.737. The molecule has 31 heavy (non-hydrogen) atoms. The summed E-state index contributed by atoms with van der Waals surface area (Å²) in [5.41, 5.74) is 8.12. The van der Waals surface area contributed by atoms with Crippen LogP contribution in [0, 0.1) is 0 Å². The van der Waals surface area contributed by atoms with Gasteiger partial charge in [0.2, 0.25) is 5.91 Å². The molecule has 0 saturated heterocycles. The molecular weight excluding hydrogens is 396 g/mol. The van der Waals surface area contributed by atoms with Crippen LogP contribution in [0.2, 0.25) is 0 Å². The third-order valence-electron chi connectivity index (χ3n) is 4.45. The number of aliphatic imine (C=N–C) groups is 1. The lowest BCUT2D eigenvalue weighted by Gasteiger charge is -2.12. The monoisotopic (exact) mass is 424 g/mol. The first-order valence-corrected chi connectivity index (χ1v) is 9.84. The average Bonchev–Trinajstić information content (AvgIpc) is 2.79. The second kappa shape index (κ2) is 12.0. The Morgan fingerprint density at radius 1 is 0.903 bits per heavy atom. The molecule has 0 heterocycles. The molecule has 0 spiro atoms. The van der Waals surface area contributed by atoms with E-state index in [0.29, 0.717) is 30.2 Å². The Morgan fingerprint density at radius 3 is 2.29 bits per heavy atom. The van der Waals surface area contributed by atoms with Crippen molar-refractivity contribution in [3.8, 4) is 0 Å². The Labute approximate surface area is 181 Å². The highest BCUT2D eigenvalue weighted by molar-refractivity contribution is 5.96. The normalized spacial score (nSPS) is 10.8. The lowest BCUT2D eigenvalue weighted by molar-refractivity contribution is -0.117. The largest absolute Gasteiger partial charge is 0.368 e. The van der Waals surface area contributed by atoms with Gasteiger partial charge in [0.15, 0.2) is 5.96 Å². The Morgan fingerprint density at radius 2 is 1.65 bits per heavy atom. The van der Waals surface area contributed by atoms with Crippen molar-refractivity contribution in [2.75, 3.05) is 27.2 Å². The first-order chi connectivity index (χ1) is 14.9. The summed E-state index contributed by atoms with van der Waals surface area (Å²) in [6.45, 7) is 0.977. The van der Waals surface area contributed by atoms with E-state index >= 15 is 0 Å². The van der Waals surface area contributed by atoms with E-state index in [2.05, 4.69) is 26.3 Å². The second-order valence-corrected chi connectivity index (χ2v) is 6.73. The van der Waals surface area contributed by atoms with Gasteiger partial charge in [-0.15, -0.1) is 0 Å². The van der Waals surface area contributed by atoms with Crippen LogP contribution in [0.25, 0.3) is 0 Å². The van der Waals surface area contributed by atoms with Gasteiger partial charge < -0.3 is 27.0 Å². The van der Waals surface area contributed by atoms with Crippen LogP contribution in [0.5, 0.6) is 0 Å². The van der Waals surface area contributed by atoms with Crippen molar-refractivity contribution in [2.24, 2.45) is 10.7 Å². The molecule has 9 nitrogen and oxygen atoms in total. The topological polar surface area (TPSA) is 138 Å². The highest BCUT2D eigenvalue weighted by Gasteiger charge is 2.07. The van der Waals surface area contributed by atoms with Gasteiger partial charge in [0.1, 0.15) is 0 Å². The quantitative estimate of drug-likeness (QED) is 0.289. The van der Waals surface area contributed by atoms with Crippen molar-refractivity contribution >= 4 is 23.7 Å². The molecule has 2 rings (SSSR count). The first-order valence-electron chi connectivity index (χ1n) is 9.84. The van der Waals surface area contributed by atoms with Crippen molar-refractivity contribution in [3.63, 3.8) is 0 Å². The minimum Gasteiger partial charge on any atom is -0.368 e. The van der Waals surface area contributed by atoms with Crippen molar-refractivity contribution in [1.29, 1.82) is 0 Å². The number of rotatable bonds is 9. The Hall–Kier alpha value is -3.88. The predicted molar refractivity (Wildman–Crippen MR) is 120 cm³/mol. The molecule has 0 atom stereocenters. The van der Waals surface area contributed by atoms with E-state index in [1.807, 2.05) is 30.3 Å². The maximum atomic E-state index is 11.9. The van der Waals surface area contributed by atoms with Crippen LogP contribution < -0.4 is 27.0 Å². The molecule has 0 radical (unpaired) electrons. The summed E-state index contributed by atoms with van der Waals surface area (Å²) in [7, 11) is 3.30. The zero-order chi connectivity index (χ0) is 22.6. The molecular formula is C22H28N6O3. The van der Waals surface area contributed by atoms with E-state index in [0.717, 1.165) is 17.5 Å². The third-order valence-corrected chi connectivity index (χ3v) is 4.45. The molecule has 0 aliphatic rings. The number of nitrogens with two attached hydrogens (primary N) is 1. The van der Waals surface area contributed by atoms with Gasteiger partial charge >= 0.3 is 0 Å². The molecule has 0 aliphatic carbocycles. The molecule has 0 fully saturated rings. The highest BCUT2D eigenvalue weighted by atomic mass is 16.2. The molecule has 0 unspecified atom stereocenters. The van der Waals surface area contributed by atoms with E-state index in [1.165, 1.54) is 0 Å². The number of guanidine groups is 1. The summed E-state index contributed by atoms with van der Waals surface area (Å²) in [4.78, 5) is 38.6. The van der Waals surface area contributed by atoms with Crippen LogP contribution >= 0.6 is 0 Å². The van der Waals surface area contributed by atoms with E-state index in [1.54, 1.807) is 32.3 Å². The van der Waals surface area contributed by atoms with Gasteiger partial charge in [-0.2, -0.15) is 0 Å². The predicted octanol–water partition coefficient (Wildman–Crippen LogP) is 0.169. The van der Waals surface area contributed by atoms with Crippen LogP contribution in [-0.2, 0) is 17.8 Å². The standard InChI is InChI=1S/C22H28N6O3/c1-24-20(30)18-5-3-4-15(12-18)10-11-26-22(25-2)28-13-16-6-8-17(9-7-16)21(31)27-14-19(23)29/h3-9,12H,10-11,13-14H2,1-2H3,(H2,23,29)(H,24,30)(H,27,31)(H2,25,26,28). The second-order valence-electron chi connectivity index (χ2n) is 6.73. The molecule has 9 heteroatoms. The van der Waals surface area contributed by atoms with Gasteiger partial charge in [0.05, 0.1) is 6.54 Å². The molecule has 164 valence electrons. The summed E-state index contributed by atoms with van der Waals surface area (Å²) < 4.78 is 0. The van der Waals surface area contributed by atoms with Gasteiger partial charge in [-0.05, 0) is 41.8 Å². The number of hydrogen-bond acceptors (Lipinski definition) is 4. The summed E-state index contributed by atoms with van der Waals surface area (Å²) >= 11 is 0. The zero-order valence-corrected chi connectivity index (χ0v) is 17.7. The van der Waals surface area contributed by atoms with Gasteiger partial charge in [-0.1, -0.05) is 24.3 Å². The fraction of sp³-hybridized carbons (Fsp3) is 0.273. The molecule has 2 aromatic carbocycles. The zero-order valence-electron chi connectivity index (χ0n) is 17.7. The van der Waals surface area contributed by atoms with Crippen molar-refractivity contribution in [1.82, 2.24) is 21.3 Å². The first kappa shape index (κ1) is 23.4. The Kier molecular flexibility index (Phi) is 9.03. The number of benzene rings is 2. The van der Waals surface area contributed by atoms with Crippen LogP contribution in [-0.4, -0.2) is 50.9 Å². The molecule has 2 aromatic rings. The molecule has 0 aliphatic heterocycles. The fourth-order valence-electron chi connectivity index (χ4n) is 2.79. The van der Waals surface area contributed by atoms with Crippen LogP contribution in [0.4, 0.5) is 0 Å². The van der Waals surface area contributed by atoms with Crippen LogP contribution in [0.3, 0.4) is 0 Å². The molecule has 6 N–H and O–H groups in total. The van der Waals surface area contributed by atoms with Gasteiger partial charge in [-0.3, -0.25) is 19.4 Å². The van der Waals surface area contributed by atoms with E-state index in [9.17, 15) is 14.4 Å². The maximum absolute atomic E-state index is 11.9. The number of primary amides is 1. The SMILES string of the molecule is CN=C(NCCc1cccc(C(=O)NC)c1)NCc1ccc(C(=O)NCC(N)=O)cc1. The molecule has 0 aromatic heterocycles. The van der Waals surface area contributed by atoms with E-state index in [4.69, 9.17) is 5.73 Å². The maximum Gasteiger partial charge on any atom is 0.251 e. The number of carbonyl (C=O) groups excluding carboxylic acids is 3. The van der Waals surface area contributed by atoms with Crippen LogP contribution in [0.1, 0.15) is 31.8 Å². The van der Waals surface area contributed by atoms with Crippen molar-refractivity contribution in [3.05, 3.63) is 70.8 Å². The Balaban J connectivity index is 1.80. The van der Waals surface area contributed by atoms with E-state index in [-0.39, 0.29) is 18.4 Å². The number of nitrogens with zero attached hydrogens (tertiary/aromatic N) is 1. The van der Waals surface area contributed by atoms with Crippen molar-refractivity contribution < 1.29 is 14.4 Å². The average molecular weight is 425 g/mol. The fourth-order valence-corrected chi connectivity index (χ4v) is 2.79. The van der Waals surface area contributed by atoms with Gasteiger partial charge in [0.25, 0.3) is 11.8 Å². The lowest BCUT2D eigenvalue weighted by Crippen LogP contribution is -2.37. The minimum absolute atomic E-state index is 0.108. The summed E-state index contributed by atoms with van der Waals surface area (Å²) in [6, 6.07) is 14.5. The molecule has 3 amide bonds. The molecule has 0 bridgehead atoms. The molecule has 0 saturated carbocycles. The van der Waals surface area contributed by atoms with Crippen LogP contribution in [0.15, 0.2) is 53.5 Å².